The molecule has 0 aromatic rings. The topological polar surface area (TPSA) is 40.5 Å². The van der Waals surface area contributed by atoms with Crippen LogP contribution in [0.15, 0.2) is 0 Å². The zero-order valence-electron chi connectivity index (χ0n) is 5.60. The molecule has 0 aliphatic carbocycles. The molecule has 3 heteroatoms. The van der Waals surface area contributed by atoms with Crippen molar-refractivity contribution in [1.29, 1.82) is 0 Å². The van der Waals surface area contributed by atoms with E-state index >= 15 is 0 Å². The molecule has 5 heavy (non-hydrogen) atoms. The Morgan fingerprint density at radius 2 is 1.00 bits per heavy atom. The molecule has 0 radical (unpaired) electrons. The van der Waals surface area contributed by atoms with Gasteiger partial charge in [0.1, 0.15) is 0 Å². The summed E-state index contributed by atoms with van der Waals surface area (Å²) in [6.45, 7) is 0. The Morgan fingerprint density at radius 3 is 1.00 bits per heavy atom. The predicted octanol–water partition coefficient (Wildman–Crippen LogP) is -0.939. The Morgan fingerprint density at radius 1 is 1.00 bits per heavy atom. The SMILES string of the molecule is CO.CO.[H-].[H-].[Mg+2]. The van der Waals surface area contributed by atoms with Crippen LogP contribution in [-0.4, -0.2) is 47.5 Å². The molecule has 0 aliphatic rings. The Kier molecular flexibility index (Phi) is 468. The molecule has 0 spiro atoms. The van der Waals surface area contributed by atoms with Gasteiger partial charge in [0.15, 0.2) is 0 Å². The van der Waals surface area contributed by atoms with E-state index in [-0.39, 0.29) is 25.9 Å². The molecule has 0 aromatic carbocycles. The van der Waals surface area contributed by atoms with E-state index in [1.807, 2.05) is 0 Å². The van der Waals surface area contributed by atoms with Gasteiger partial charge in [0.25, 0.3) is 0 Å². The van der Waals surface area contributed by atoms with Crippen LogP contribution in [0.2, 0.25) is 0 Å². The summed E-state index contributed by atoms with van der Waals surface area (Å²) in [6, 6.07) is 0. The number of aliphatic hydroxyl groups excluding tert-OH is 2. The monoisotopic (exact) mass is 90.1 g/mol. The zero-order valence-corrected chi connectivity index (χ0v) is 5.02. The summed E-state index contributed by atoms with van der Waals surface area (Å²) in [6.07, 6.45) is 0. The van der Waals surface area contributed by atoms with Crippen molar-refractivity contribution in [2.45, 2.75) is 0 Å². The van der Waals surface area contributed by atoms with E-state index < -0.39 is 0 Å². The van der Waals surface area contributed by atoms with Crippen LogP contribution in [0, 0.1) is 0 Å². The van der Waals surface area contributed by atoms with E-state index in [2.05, 4.69) is 0 Å². The first kappa shape index (κ1) is 17.3. The van der Waals surface area contributed by atoms with E-state index in [9.17, 15) is 0 Å². The molecule has 0 saturated carbocycles. The van der Waals surface area contributed by atoms with E-state index in [0.29, 0.717) is 0 Å². The molecule has 2 N–H and O–H groups in total. The second-order valence-electron chi connectivity index (χ2n) is 0. The number of hydrogen-bond donors (Lipinski definition) is 2. The molecule has 0 aromatic heterocycles. The van der Waals surface area contributed by atoms with Crippen LogP contribution in [0.4, 0.5) is 0 Å². The number of aliphatic hydroxyl groups is 2. The first-order chi connectivity index (χ1) is 2.00. The van der Waals surface area contributed by atoms with Crippen LogP contribution in [-0.2, 0) is 0 Å². The smallest absolute Gasteiger partial charge is 1.00 e. The van der Waals surface area contributed by atoms with Gasteiger partial charge in [-0.15, -0.1) is 0 Å². The van der Waals surface area contributed by atoms with E-state index in [0.717, 1.165) is 14.2 Å². The van der Waals surface area contributed by atoms with Crippen LogP contribution < -0.4 is 0 Å². The molecule has 0 saturated heterocycles. The van der Waals surface area contributed by atoms with Gasteiger partial charge < -0.3 is 13.1 Å². The largest absolute Gasteiger partial charge is 2.00 e. The second kappa shape index (κ2) is 135. The molecule has 0 aliphatic heterocycles. The zero-order chi connectivity index (χ0) is 4.00. The molecular weight excluding hydrogens is 80.3 g/mol. The van der Waals surface area contributed by atoms with Crippen LogP contribution in [0.1, 0.15) is 2.85 Å². The standard InChI is InChI=1S/2CH4O.Mg.2H/c2*1-2;;;/h2*2H,1H3;;;/q;;+2;2*-1. The van der Waals surface area contributed by atoms with Crippen molar-refractivity contribution in [3.05, 3.63) is 0 Å². The summed E-state index contributed by atoms with van der Waals surface area (Å²) in [7, 11) is 2.00. The van der Waals surface area contributed by atoms with Gasteiger partial charge >= 0.3 is 23.1 Å². The fourth-order valence-corrected chi connectivity index (χ4v) is 0. The molecule has 0 rings (SSSR count). The Hall–Kier alpha value is 0.686. The Bertz CT molecular complexity index is 13.7. The molecule has 32 valence electrons. The van der Waals surface area contributed by atoms with Crippen molar-refractivity contribution >= 4 is 23.1 Å². The van der Waals surface area contributed by atoms with E-state index in [1.165, 1.54) is 0 Å². The van der Waals surface area contributed by atoms with Gasteiger partial charge in [0, 0.05) is 14.2 Å². The fraction of sp³-hybridized carbons (Fsp3) is 1.00. The van der Waals surface area contributed by atoms with Gasteiger partial charge in [-0.3, -0.25) is 0 Å². The normalized spacial score (nSPS) is 2.40. The maximum Gasteiger partial charge on any atom is 2.00 e. The average molecular weight is 90.4 g/mol. The second-order valence-corrected chi connectivity index (χ2v) is 0. The minimum atomic E-state index is 0. The maximum atomic E-state index is 7.00. The van der Waals surface area contributed by atoms with E-state index in [1.54, 1.807) is 0 Å². The van der Waals surface area contributed by atoms with E-state index in [4.69, 9.17) is 10.2 Å². The summed E-state index contributed by atoms with van der Waals surface area (Å²) < 4.78 is 0. The summed E-state index contributed by atoms with van der Waals surface area (Å²) in [5.41, 5.74) is 0. The van der Waals surface area contributed by atoms with Gasteiger partial charge in [0.05, 0.1) is 0 Å². The van der Waals surface area contributed by atoms with Gasteiger partial charge in [-0.25, -0.2) is 0 Å². The van der Waals surface area contributed by atoms with Gasteiger partial charge in [-0.2, -0.15) is 0 Å². The fourth-order valence-electron chi connectivity index (χ4n) is 0. The van der Waals surface area contributed by atoms with Crippen molar-refractivity contribution in [2.24, 2.45) is 0 Å². The predicted molar refractivity (Wildman–Crippen MR) is 24.3 cm³/mol. The summed E-state index contributed by atoms with van der Waals surface area (Å²) in [4.78, 5) is 0. The first-order valence-electron chi connectivity index (χ1n) is 0.894. The van der Waals surface area contributed by atoms with Crippen molar-refractivity contribution < 1.29 is 13.1 Å². The third kappa shape index (κ3) is 71.8. The molecule has 0 heterocycles. The quantitative estimate of drug-likeness (QED) is 0.377. The molecule has 0 amide bonds. The third-order valence-electron chi connectivity index (χ3n) is 0. The number of hydrogen-bond acceptors (Lipinski definition) is 2. The maximum absolute atomic E-state index is 7.00. The van der Waals surface area contributed by atoms with Crippen LogP contribution in [0.3, 0.4) is 0 Å². The summed E-state index contributed by atoms with van der Waals surface area (Å²) in [5.74, 6) is 0. The Balaban J connectivity index is -0.00000000267. The molecule has 0 unspecified atom stereocenters. The number of rotatable bonds is 0. The molecule has 0 atom stereocenters. The van der Waals surface area contributed by atoms with Crippen molar-refractivity contribution in [3.63, 3.8) is 0 Å². The molecule has 2 nitrogen and oxygen atoms in total. The van der Waals surface area contributed by atoms with Gasteiger partial charge in [-0.05, 0) is 0 Å². The Labute approximate surface area is 50.9 Å². The molecular formula is C2H10MgO2. The molecule has 0 bridgehead atoms. The van der Waals surface area contributed by atoms with Crippen LogP contribution in [0.25, 0.3) is 0 Å². The first-order valence-corrected chi connectivity index (χ1v) is 0.894. The van der Waals surface area contributed by atoms with Gasteiger partial charge in [0.2, 0.25) is 0 Å². The van der Waals surface area contributed by atoms with Crippen LogP contribution in [0.5, 0.6) is 0 Å². The van der Waals surface area contributed by atoms with Crippen molar-refractivity contribution in [1.82, 2.24) is 0 Å². The van der Waals surface area contributed by atoms with Gasteiger partial charge in [-0.1, -0.05) is 0 Å². The van der Waals surface area contributed by atoms with Crippen molar-refractivity contribution in [3.8, 4) is 0 Å². The average Bonchev–Trinajstić information content (AvgIpc) is 1.50. The molecule has 0 fully saturated rings. The van der Waals surface area contributed by atoms with Crippen molar-refractivity contribution in [2.75, 3.05) is 14.2 Å². The summed E-state index contributed by atoms with van der Waals surface area (Å²) in [5, 5.41) is 14.0. The minimum Gasteiger partial charge on any atom is -1.00 e. The minimum absolute atomic E-state index is 0. The summed E-state index contributed by atoms with van der Waals surface area (Å²) >= 11 is 0. The van der Waals surface area contributed by atoms with Crippen LogP contribution >= 0.6 is 0 Å². The third-order valence-corrected chi connectivity index (χ3v) is 0.